The van der Waals surface area contributed by atoms with E-state index < -0.39 is 12.6 Å². The van der Waals surface area contributed by atoms with Crippen LogP contribution in [-0.4, -0.2) is 24.7 Å². The molecule has 0 atom stereocenters. The van der Waals surface area contributed by atoms with Crippen LogP contribution in [0.4, 0.5) is 13.8 Å². The Morgan fingerprint density at radius 1 is 1.35 bits per heavy atom. The number of nitrogen functional groups attached to an aromatic ring is 1. The van der Waals surface area contributed by atoms with E-state index in [1.807, 2.05) is 0 Å². The molecule has 2 N–H and O–H groups in total. The Morgan fingerprint density at radius 2 is 2.00 bits per heavy atom. The largest absolute Gasteiger partial charge is 0.464 e. The van der Waals surface area contributed by atoms with Crippen LogP contribution < -0.4 is 10.5 Å². The number of benzene rings is 1. The molecule has 0 aliphatic carbocycles. The van der Waals surface area contributed by atoms with Crippen LogP contribution in [0.25, 0.3) is 10.6 Å². The van der Waals surface area contributed by atoms with Gasteiger partial charge in [0.2, 0.25) is 0 Å². The summed E-state index contributed by atoms with van der Waals surface area (Å²) in [5.74, 6) is -0.580. The van der Waals surface area contributed by atoms with Gasteiger partial charge in [0, 0.05) is 5.56 Å². The molecule has 1 aromatic heterocycles. The molecule has 0 unspecified atom stereocenters. The molecule has 20 heavy (non-hydrogen) atoms. The van der Waals surface area contributed by atoms with Crippen molar-refractivity contribution >= 4 is 22.3 Å². The standard InChI is InChI=1S/C12H10F2N2O3S/c1-18-11(17)8-9(15)20-10(16-8)6-2-4-7(5-3-6)19-12(13)14/h2-5,12H,15H2,1H3. The normalized spacial score (nSPS) is 10.6. The molecule has 0 saturated carbocycles. The second kappa shape index (κ2) is 5.83. The zero-order valence-electron chi connectivity index (χ0n) is 10.3. The van der Waals surface area contributed by atoms with Crippen LogP contribution in [0.1, 0.15) is 10.5 Å². The summed E-state index contributed by atoms with van der Waals surface area (Å²) < 4.78 is 32.8. The van der Waals surface area contributed by atoms with Gasteiger partial charge in [0.05, 0.1) is 7.11 Å². The number of rotatable bonds is 4. The number of thiazole rings is 1. The van der Waals surface area contributed by atoms with Crippen LogP contribution in [0.3, 0.4) is 0 Å². The molecule has 0 radical (unpaired) electrons. The molecule has 1 heterocycles. The molecule has 0 spiro atoms. The van der Waals surface area contributed by atoms with Crippen LogP contribution in [0, 0.1) is 0 Å². The van der Waals surface area contributed by atoms with Crippen molar-refractivity contribution in [2.45, 2.75) is 6.61 Å². The van der Waals surface area contributed by atoms with Crippen molar-refractivity contribution in [2.75, 3.05) is 12.8 Å². The van der Waals surface area contributed by atoms with Crippen molar-refractivity contribution in [2.24, 2.45) is 0 Å². The van der Waals surface area contributed by atoms with Crippen molar-refractivity contribution in [3.8, 4) is 16.3 Å². The van der Waals surface area contributed by atoms with E-state index in [1.165, 1.54) is 19.2 Å². The fraction of sp³-hybridized carbons (Fsp3) is 0.167. The molecular formula is C12H10F2N2O3S. The lowest BCUT2D eigenvalue weighted by Crippen LogP contribution is -2.04. The summed E-state index contributed by atoms with van der Waals surface area (Å²) in [6.45, 7) is -2.87. The number of hydrogen-bond donors (Lipinski definition) is 1. The predicted octanol–water partition coefficient (Wildman–Crippen LogP) is 2.78. The lowest BCUT2D eigenvalue weighted by molar-refractivity contribution is -0.0498. The third-order valence-corrected chi connectivity index (χ3v) is 3.29. The third kappa shape index (κ3) is 3.02. The van der Waals surface area contributed by atoms with Crippen LogP contribution >= 0.6 is 11.3 Å². The molecule has 0 bridgehead atoms. The van der Waals surface area contributed by atoms with Gasteiger partial charge in [-0.15, -0.1) is 0 Å². The fourth-order valence-corrected chi connectivity index (χ4v) is 2.30. The van der Waals surface area contributed by atoms with E-state index in [-0.39, 0.29) is 16.4 Å². The van der Waals surface area contributed by atoms with E-state index in [2.05, 4.69) is 14.5 Å². The minimum Gasteiger partial charge on any atom is -0.464 e. The second-order valence-corrected chi connectivity index (χ2v) is 4.66. The number of aromatic nitrogens is 1. The van der Waals surface area contributed by atoms with Gasteiger partial charge in [0.25, 0.3) is 0 Å². The Kier molecular flexibility index (Phi) is 4.14. The minimum atomic E-state index is -2.87. The molecule has 2 aromatic rings. The van der Waals surface area contributed by atoms with Gasteiger partial charge >= 0.3 is 12.6 Å². The minimum absolute atomic E-state index is 0.0420. The van der Waals surface area contributed by atoms with E-state index in [9.17, 15) is 13.6 Å². The first-order chi connectivity index (χ1) is 9.51. The summed E-state index contributed by atoms with van der Waals surface area (Å²) in [6.07, 6.45) is 0. The number of esters is 1. The predicted molar refractivity (Wildman–Crippen MR) is 69.9 cm³/mol. The molecule has 8 heteroatoms. The van der Waals surface area contributed by atoms with E-state index in [4.69, 9.17) is 5.73 Å². The molecule has 5 nitrogen and oxygen atoms in total. The van der Waals surface area contributed by atoms with Crippen molar-refractivity contribution < 1.29 is 23.0 Å². The summed E-state index contributed by atoms with van der Waals surface area (Å²) in [7, 11) is 1.23. The number of hydrogen-bond acceptors (Lipinski definition) is 6. The summed E-state index contributed by atoms with van der Waals surface area (Å²) in [6, 6.07) is 5.88. The number of halogens is 2. The van der Waals surface area contributed by atoms with Crippen molar-refractivity contribution in [1.82, 2.24) is 4.98 Å². The van der Waals surface area contributed by atoms with Crippen LogP contribution in [0.2, 0.25) is 0 Å². The Labute approximate surface area is 117 Å². The van der Waals surface area contributed by atoms with Gasteiger partial charge in [0.1, 0.15) is 15.8 Å². The number of carbonyl (C=O) groups excluding carboxylic acids is 1. The summed E-state index contributed by atoms with van der Waals surface area (Å²) in [5, 5.41) is 0.728. The first-order valence-electron chi connectivity index (χ1n) is 5.41. The first-order valence-corrected chi connectivity index (χ1v) is 6.22. The van der Waals surface area contributed by atoms with Crippen molar-refractivity contribution in [3.05, 3.63) is 30.0 Å². The van der Waals surface area contributed by atoms with Crippen LogP contribution in [0.5, 0.6) is 5.75 Å². The maximum Gasteiger partial charge on any atom is 0.387 e. The Hall–Kier alpha value is -2.22. The summed E-state index contributed by atoms with van der Waals surface area (Å²) in [4.78, 5) is 15.5. The SMILES string of the molecule is COC(=O)c1nc(-c2ccc(OC(F)F)cc2)sc1N. The lowest BCUT2D eigenvalue weighted by atomic mass is 10.2. The smallest absolute Gasteiger partial charge is 0.387 e. The summed E-state index contributed by atoms with van der Waals surface area (Å²) in [5.41, 5.74) is 6.36. The topological polar surface area (TPSA) is 74.4 Å². The first kappa shape index (κ1) is 14.2. The molecule has 0 saturated heterocycles. The van der Waals surface area contributed by atoms with E-state index >= 15 is 0 Å². The zero-order chi connectivity index (χ0) is 14.7. The average molecular weight is 300 g/mol. The molecule has 0 amide bonds. The van der Waals surface area contributed by atoms with Crippen molar-refractivity contribution in [1.29, 1.82) is 0 Å². The third-order valence-electron chi connectivity index (χ3n) is 2.36. The average Bonchev–Trinajstić information content (AvgIpc) is 2.80. The number of anilines is 1. The van der Waals surface area contributed by atoms with Crippen LogP contribution in [-0.2, 0) is 4.74 Å². The number of carbonyl (C=O) groups is 1. The number of nitrogens with zero attached hydrogens (tertiary/aromatic N) is 1. The number of methoxy groups -OCH3 is 1. The molecule has 0 fully saturated rings. The Bertz CT molecular complexity index is 614. The fourth-order valence-electron chi connectivity index (χ4n) is 1.48. The molecule has 0 aliphatic rings. The highest BCUT2D eigenvalue weighted by molar-refractivity contribution is 7.19. The highest BCUT2D eigenvalue weighted by Gasteiger charge is 2.17. The van der Waals surface area contributed by atoms with Gasteiger partial charge in [-0.25, -0.2) is 9.78 Å². The van der Waals surface area contributed by atoms with Gasteiger partial charge in [0.15, 0.2) is 5.69 Å². The Balaban J connectivity index is 2.26. The number of alkyl halides is 2. The molecule has 0 aliphatic heterocycles. The number of nitrogens with two attached hydrogens (primary N) is 1. The maximum absolute atomic E-state index is 12.0. The maximum atomic E-state index is 12.0. The van der Waals surface area contributed by atoms with Gasteiger partial charge in [-0.05, 0) is 24.3 Å². The van der Waals surface area contributed by atoms with Gasteiger partial charge in [-0.1, -0.05) is 11.3 Å². The quantitative estimate of drug-likeness (QED) is 0.879. The second-order valence-electron chi connectivity index (χ2n) is 3.63. The monoisotopic (exact) mass is 300 g/mol. The summed E-state index contributed by atoms with van der Waals surface area (Å²) >= 11 is 1.11. The van der Waals surface area contributed by atoms with E-state index in [0.29, 0.717) is 10.6 Å². The zero-order valence-corrected chi connectivity index (χ0v) is 11.1. The lowest BCUT2D eigenvalue weighted by Gasteiger charge is -2.04. The van der Waals surface area contributed by atoms with Crippen LogP contribution in [0.15, 0.2) is 24.3 Å². The van der Waals surface area contributed by atoms with Gasteiger partial charge < -0.3 is 15.2 Å². The van der Waals surface area contributed by atoms with Crippen molar-refractivity contribution in [3.63, 3.8) is 0 Å². The highest BCUT2D eigenvalue weighted by atomic mass is 32.1. The van der Waals surface area contributed by atoms with E-state index in [0.717, 1.165) is 11.3 Å². The molecule has 2 rings (SSSR count). The molecule has 1 aromatic carbocycles. The van der Waals surface area contributed by atoms with Gasteiger partial charge in [-0.3, -0.25) is 0 Å². The highest BCUT2D eigenvalue weighted by Crippen LogP contribution is 2.31. The Morgan fingerprint density at radius 3 is 2.55 bits per heavy atom. The number of ether oxygens (including phenoxy) is 2. The molecular weight excluding hydrogens is 290 g/mol. The molecule has 106 valence electrons. The van der Waals surface area contributed by atoms with Gasteiger partial charge in [-0.2, -0.15) is 8.78 Å². The van der Waals surface area contributed by atoms with E-state index in [1.54, 1.807) is 12.1 Å².